The van der Waals surface area contributed by atoms with E-state index in [1.165, 1.54) is 5.39 Å². The first kappa shape index (κ1) is 12.1. The molecule has 2 aromatic rings. The number of aryl methyl sites for hydroxylation is 1. The van der Waals surface area contributed by atoms with Crippen LogP contribution in [-0.4, -0.2) is 16.7 Å². The topological polar surface area (TPSA) is 62.0 Å². The number of rotatable bonds is 4. The van der Waals surface area contributed by atoms with Gasteiger partial charge in [-0.3, -0.25) is 0 Å². The van der Waals surface area contributed by atoms with Crippen LogP contribution in [0.5, 0.6) is 0 Å². The van der Waals surface area contributed by atoms with Crippen molar-refractivity contribution in [1.82, 2.24) is 4.98 Å². The molecule has 0 fully saturated rings. The van der Waals surface area contributed by atoms with Crippen LogP contribution in [0.1, 0.15) is 30.6 Å². The molecule has 0 aliphatic carbocycles. The Balaban J connectivity index is 2.50. The average Bonchev–Trinajstić information content (AvgIpc) is 2.66. The Morgan fingerprint density at radius 3 is 2.71 bits per heavy atom. The third-order valence-corrected chi connectivity index (χ3v) is 3.54. The smallest absolute Gasteiger partial charge is 0.0477 e. The standard InChI is InChI=1S/C14H20N2O/c1-3-10(8-17)14(15)13-9(2)16-12-7-5-4-6-11(12)13/h4-7,10,14,16-17H,3,8,15H2,1-2H3. The Labute approximate surface area is 102 Å². The van der Waals surface area contributed by atoms with E-state index >= 15 is 0 Å². The quantitative estimate of drug-likeness (QED) is 0.758. The van der Waals surface area contributed by atoms with E-state index in [0.717, 1.165) is 23.2 Å². The fourth-order valence-electron chi connectivity index (χ4n) is 2.46. The van der Waals surface area contributed by atoms with Crippen LogP contribution in [0.25, 0.3) is 10.9 Å². The van der Waals surface area contributed by atoms with E-state index in [9.17, 15) is 5.11 Å². The molecule has 1 heterocycles. The first-order valence-electron chi connectivity index (χ1n) is 6.12. The molecule has 0 aliphatic heterocycles. The molecule has 0 radical (unpaired) electrons. The number of hydrogen-bond acceptors (Lipinski definition) is 2. The molecule has 0 aliphatic rings. The molecule has 2 unspecified atom stereocenters. The van der Waals surface area contributed by atoms with Crippen molar-refractivity contribution in [2.45, 2.75) is 26.3 Å². The Morgan fingerprint density at radius 2 is 2.06 bits per heavy atom. The third kappa shape index (κ3) is 2.08. The van der Waals surface area contributed by atoms with Crippen LogP contribution in [-0.2, 0) is 0 Å². The highest BCUT2D eigenvalue weighted by molar-refractivity contribution is 5.85. The second-order valence-electron chi connectivity index (χ2n) is 4.59. The molecule has 17 heavy (non-hydrogen) atoms. The van der Waals surface area contributed by atoms with Gasteiger partial charge in [0.15, 0.2) is 0 Å². The van der Waals surface area contributed by atoms with Crippen molar-refractivity contribution in [3.05, 3.63) is 35.5 Å². The lowest BCUT2D eigenvalue weighted by atomic mass is 9.90. The first-order chi connectivity index (χ1) is 8.19. The number of nitrogens with two attached hydrogens (primary N) is 1. The zero-order valence-corrected chi connectivity index (χ0v) is 10.4. The van der Waals surface area contributed by atoms with E-state index in [-0.39, 0.29) is 18.6 Å². The molecule has 0 spiro atoms. The highest BCUT2D eigenvalue weighted by Crippen LogP contribution is 2.31. The second kappa shape index (κ2) is 4.90. The van der Waals surface area contributed by atoms with Crippen LogP contribution < -0.4 is 5.73 Å². The van der Waals surface area contributed by atoms with Crippen molar-refractivity contribution in [3.8, 4) is 0 Å². The van der Waals surface area contributed by atoms with Gasteiger partial charge in [-0.05, 0) is 25.0 Å². The number of aromatic amines is 1. The van der Waals surface area contributed by atoms with Crippen molar-refractivity contribution in [2.75, 3.05) is 6.61 Å². The van der Waals surface area contributed by atoms with Gasteiger partial charge in [0.25, 0.3) is 0 Å². The number of hydrogen-bond donors (Lipinski definition) is 3. The molecule has 3 nitrogen and oxygen atoms in total. The summed E-state index contributed by atoms with van der Waals surface area (Å²) in [7, 11) is 0. The Hall–Kier alpha value is -1.32. The fraction of sp³-hybridized carbons (Fsp3) is 0.429. The van der Waals surface area contributed by atoms with Gasteiger partial charge >= 0.3 is 0 Å². The number of para-hydroxylation sites is 1. The lowest BCUT2D eigenvalue weighted by Crippen LogP contribution is -2.24. The molecule has 0 amide bonds. The third-order valence-electron chi connectivity index (χ3n) is 3.54. The van der Waals surface area contributed by atoms with Gasteiger partial charge in [0.1, 0.15) is 0 Å². The van der Waals surface area contributed by atoms with Crippen molar-refractivity contribution < 1.29 is 5.11 Å². The number of aromatic nitrogens is 1. The summed E-state index contributed by atoms with van der Waals surface area (Å²) in [5.41, 5.74) is 9.65. The fourth-order valence-corrected chi connectivity index (χ4v) is 2.46. The van der Waals surface area contributed by atoms with E-state index in [1.54, 1.807) is 0 Å². The monoisotopic (exact) mass is 232 g/mol. The SMILES string of the molecule is CCC(CO)C(N)c1c(C)[nH]c2ccccc12. The highest BCUT2D eigenvalue weighted by atomic mass is 16.3. The highest BCUT2D eigenvalue weighted by Gasteiger charge is 2.22. The van der Waals surface area contributed by atoms with Gasteiger partial charge in [0, 0.05) is 35.2 Å². The molecular formula is C14H20N2O. The Morgan fingerprint density at radius 1 is 1.35 bits per heavy atom. The minimum Gasteiger partial charge on any atom is -0.396 e. The average molecular weight is 232 g/mol. The number of fused-ring (bicyclic) bond motifs is 1. The number of aliphatic hydroxyl groups is 1. The molecule has 0 saturated carbocycles. The summed E-state index contributed by atoms with van der Waals surface area (Å²) in [5.74, 6) is 0.118. The van der Waals surface area contributed by atoms with Gasteiger partial charge in [-0.1, -0.05) is 25.1 Å². The zero-order chi connectivity index (χ0) is 12.4. The van der Waals surface area contributed by atoms with Gasteiger partial charge in [0.2, 0.25) is 0 Å². The zero-order valence-electron chi connectivity index (χ0n) is 10.4. The van der Waals surface area contributed by atoms with Gasteiger partial charge in [-0.15, -0.1) is 0 Å². The van der Waals surface area contributed by atoms with E-state index in [0.29, 0.717) is 0 Å². The second-order valence-corrected chi connectivity index (χ2v) is 4.59. The largest absolute Gasteiger partial charge is 0.396 e. The summed E-state index contributed by atoms with van der Waals surface area (Å²) in [6.45, 7) is 4.24. The summed E-state index contributed by atoms with van der Waals surface area (Å²) in [6.07, 6.45) is 0.886. The molecule has 0 saturated heterocycles. The lowest BCUT2D eigenvalue weighted by molar-refractivity contribution is 0.201. The molecule has 92 valence electrons. The van der Waals surface area contributed by atoms with Crippen LogP contribution in [0.4, 0.5) is 0 Å². The maximum atomic E-state index is 9.37. The van der Waals surface area contributed by atoms with Crippen molar-refractivity contribution >= 4 is 10.9 Å². The molecule has 4 N–H and O–H groups in total. The van der Waals surface area contributed by atoms with Crippen molar-refractivity contribution in [3.63, 3.8) is 0 Å². The minimum atomic E-state index is -0.110. The van der Waals surface area contributed by atoms with Crippen LogP contribution >= 0.6 is 0 Å². The maximum Gasteiger partial charge on any atom is 0.0477 e. The molecule has 0 bridgehead atoms. The van der Waals surface area contributed by atoms with Crippen LogP contribution in [0, 0.1) is 12.8 Å². The summed E-state index contributed by atoms with van der Waals surface area (Å²) in [4.78, 5) is 3.35. The van der Waals surface area contributed by atoms with Gasteiger partial charge < -0.3 is 15.8 Å². The van der Waals surface area contributed by atoms with Gasteiger partial charge in [-0.25, -0.2) is 0 Å². The summed E-state index contributed by atoms with van der Waals surface area (Å²) in [5, 5.41) is 10.5. The Kier molecular flexibility index (Phi) is 3.50. The van der Waals surface area contributed by atoms with Crippen molar-refractivity contribution in [1.29, 1.82) is 0 Å². The molecular weight excluding hydrogens is 212 g/mol. The molecule has 2 rings (SSSR count). The van der Waals surface area contributed by atoms with E-state index in [2.05, 4.69) is 24.0 Å². The predicted octanol–water partition coefficient (Wildman–Crippen LogP) is 2.49. The normalized spacial score (nSPS) is 15.1. The molecule has 1 aromatic carbocycles. The van der Waals surface area contributed by atoms with Gasteiger partial charge in [-0.2, -0.15) is 0 Å². The minimum absolute atomic E-state index is 0.110. The maximum absolute atomic E-state index is 9.37. The number of aliphatic hydroxyl groups excluding tert-OH is 1. The summed E-state index contributed by atoms with van der Waals surface area (Å²) in [6, 6.07) is 8.06. The van der Waals surface area contributed by atoms with E-state index < -0.39 is 0 Å². The summed E-state index contributed by atoms with van der Waals surface area (Å²) < 4.78 is 0. The van der Waals surface area contributed by atoms with Crippen LogP contribution in [0.15, 0.2) is 24.3 Å². The van der Waals surface area contributed by atoms with E-state index in [4.69, 9.17) is 5.73 Å². The van der Waals surface area contributed by atoms with E-state index in [1.807, 2.05) is 19.1 Å². The number of nitrogens with one attached hydrogen (secondary N) is 1. The lowest BCUT2D eigenvalue weighted by Gasteiger charge is -2.21. The summed E-state index contributed by atoms with van der Waals surface area (Å²) >= 11 is 0. The van der Waals surface area contributed by atoms with Crippen molar-refractivity contribution in [2.24, 2.45) is 11.7 Å². The number of benzene rings is 1. The Bertz CT molecular complexity index is 500. The first-order valence-corrected chi connectivity index (χ1v) is 6.12. The van der Waals surface area contributed by atoms with Gasteiger partial charge in [0.05, 0.1) is 0 Å². The molecule has 1 aromatic heterocycles. The van der Waals surface area contributed by atoms with Crippen LogP contribution in [0.2, 0.25) is 0 Å². The number of H-pyrrole nitrogens is 1. The molecule has 2 atom stereocenters. The van der Waals surface area contributed by atoms with Crippen LogP contribution in [0.3, 0.4) is 0 Å². The predicted molar refractivity (Wildman–Crippen MR) is 70.8 cm³/mol. The molecule has 3 heteroatoms.